The van der Waals surface area contributed by atoms with Crippen molar-refractivity contribution in [3.8, 4) is 0 Å². The first-order valence-corrected chi connectivity index (χ1v) is 10.9. The zero-order valence-electron chi connectivity index (χ0n) is 18.3. The molecule has 0 saturated carbocycles. The number of amides is 2. The quantitative estimate of drug-likeness (QED) is 0.764. The summed E-state index contributed by atoms with van der Waals surface area (Å²) in [5.41, 5.74) is 3.26. The topological polar surface area (TPSA) is 48.8 Å². The minimum atomic E-state index is -0.413. The number of hydrogen-bond donors (Lipinski definition) is 0. The zero-order chi connectivity index (χ0) is 21.3. The normalized spacial score (nSPS) is 20.0. The van der Waals surface area contributed by atoms with Gasteiger partial charge in [0.2, 0.25) is 5.91 Å². The molecule has 4 rings (SSSR count). The average molecular weight is 409 g/mol. The zero-order valence-corrected chi connectivity index (χ0v) is 18.3. The Morgan fingerprint density at radius 2 is 1.77 bits per heavy atom. The molecule has 2 aliphatic rings. The van der Waals surface area contributed by atoms with Crippen LogP contribution >= 0.6 is 0 Å². The average Bonchev–Trinajstić information content (AvgIpc) is 3.20. The van der Waals surface area contributed by atoms with Crippen molar-refractivity contribution < 1.29 is 9.59 Å². The molecule has 6 heteroatoms. The molecule has 0 radical (unpaired) electrons. The van der Waals surface area contributed by atoms with Gasteiger partial charge >= 0.3 is 0 Å². The summed E-state index contributed by atoms with van der Waals surface area (Å²) in [4.78, 5) is 32.6. The molecule has 1 fully saturated rings. The first-order chi connectivity index (χ1) is 14.4. The Balaban J connectivity index is 1.41. The second-order valence-electron chi connectivity index (χ2n) is 9.00. The number of carbonyl (C=O) groups excluding carboxylic acids is 2. The third kappa shape index (κ3) is 4.29. The summed E-state index contributed by atoms with van der Waals surface area (Å²) in [7, 11) is 0. The molecule has 2 amide bonds. The molecule has 0 spiro atoms. The summed E-state index contributed by atoms with van der Waals surface area (Å²) < 4.78 is 1.93. The van der Waals surface area contributed by atoms with E-state index < -0.39 is 6.04 Å². The van der Waals surface area contributed by atoms with E-state index in [2.05, 4.69) is 49.9 Å². The Bertz CT molecular complexity index is 894. The van der Waals surface area contributed by atoms with Crippen molar-refractivity contribution in [2.75, 3.05) is 32.7 Å². The number of carbonyl (C=O) groups is 2. The summed E-state index contributed by atoms with van der Waals surface area (Å²) in [6, 6.07) is 12.0. The van der Waals surface area contributed by atoms with Gasteiger partial charge in [-0.15, -0.1) is 0 Å². The van der Waals surface area contributed by atoms with Crippen LogP contribution in [0, 0.1) is 12.8 Å². The molecule has 30 heavy (non-hydrogen) atoms. The first kappa shape index (κ1) is 20.7. The summed E-state index contributed by atoms with van der Waals surface area (Å²) >= 11 is 0. The van der Waals surface area contributed by atoms with E-state index in [0.717, 1.165) is 19.6 Å². The summed E-state index contributed by atoms with van der Waals surface area (Å²) in [6.07, 6.45) is 1.90. The van der Waals surface area contributed by atoms with Gasteiger partial charge in [0.15, 0.2) is 0 Å². The predicted octanol–water partition coefficient (Wildman–Crippen LogP) is 2.62. The maximum absolute atomic E-state index is 13.4. The Morgan fingerprint density at radius 3 is 2.43 bits per heavy atom. The fourth-order valence-corrected chi connectivity index (χ4v) is 4.44. The van der Waals surface area contributed by atoms with E-state index >= 15 is 0 Å². The fraction of sp³-hybridized carbons (Fsp3) is 0.500. The van der Waals surface area contributed by atoms with Gasteiger partial charge in [-0.3, -0.25) is 14.5 Å². The molecular weight excluding hydrogens is 376 g/mol. The third-order valence-electron chi connectivity index (χ3n) is 6.11. The number of hydrogen-bond acceptors (Lipinski definition) is 3. The summed E-state index contributed by atoms with van der Waals surface area (Å²) in [5.74, 6) is 0.367. The lowest BCUT2D eigenvalue weighted by atomic mass is 10.1. The van der Waals surface area contributed by atoms with Crippen LogP contribution in [0.4, 0.5) is 0 Å². The predicted molar refractivity (Wildman–Crippen MR) is 117 cm³/mol. The Kier molecular flexibility index (Phi) is 5.95. The van der Waals surface area contributed by atoms with E-state index in [-0.39, 0.29) is 11.8 Å². The van der Waals surface area contributed by atoms with Gasteiger partial charge in [0.05, 0.1) is 6.54 Å². The van der Waals surface area contributed by atoms with Crippen LogP contribution in [0.15, 0.2) is 42.6 Å². The highest BCUT2D eigenvalue weighted by molar-refractivity contribution is 5.97. The molecule has 160 valence electrons. The van der Waals surface area contributed by atoms with Crippen molar-refractivity contribution >= 4 is 11.8 Å². The number of benzene rings is 1. The number of rotatable bonds is 5. The molecule has 1 saturated heterocycles. The minimum absolute atomic E-state index is 0.0312. The van der Waals surface area contributed by atoms with E-state index in [1.807, 2.05) is 27.8 Å². The van der Waals surface area contributed by atoms with Crippen LogP contribution in [0.5, 0.6) is 0 Å². The van der Waals surface area contributed by atoms with Crippen molar-refractivity contribution in [1.29, 1.82) is 0 Å². The van der Waals surface area contributed by atoms with E-state index in [1.165, 1.54) is 11.1 Å². The van der Waals surface area contributed by atoms with Crippen molar-refractivity contribution in [3.05, 3.63) is 59.4 Å². The third-order valence-corrected chi connectivity index (χ3v) is 6.11. The maximum Gasteiger partial charge on any atom is 0.271 e. The molecular formula is C24H32N4O2. The van der Waals surface area contributed by atoms with Gasteiger partial charge < -0.3 is 14.4 Å². The first-order valence-electron chi connectivity index (χ1n) is 10.9. The Labute approximate surface area is 179 Å². The van der Waals surface area contributed by atoms with Gasteiger partial charge in [0.1, 0.15) is 11.7 Å². The summed E-state index contributed by atoms with van der Waals surface area (Å²) in [6.45, 7) is 11.5. The highest BCUT2D eigenvalue weighted by Crippen LogP contribution is 2.22. The van der Waals surface area contributed by atoms with Crippen molar-refractivity contribution in [1.82, 2.24) is 19.3 Å². The van der Waals surface area contributed by atoms with Gasteiger partial charge in [-0.2, -0.15) is 0 Å². The second kappa shape index (κ2) is 8.64. The largest absolute Gasteiger partial charge is 0.341 e. The lowest BCUT2D eigenvalue weighted by Gasteiger charge is -2.41. The molecule has 2 aromatic rings. The van der Waals surface area contributed by atoms with Crippen molar-refractivity contribution in [3.63, 3.8) is 0 Å². The number of aromatic nitrogens is 1. The van der Waals surface area contributed by atoms with Gasteiger partial charge in [-0.25, -0.2) is 0 Å². The van der Waals surface area contributed by atoms with Crippen LogP contribution in [0.2, 0.25) is 0 Å². The SMILES string of the molecule is Cc1ccc(CN2CCN(C(=O)C3Cn4cccc4C(=O)N3CC(C)C)CC2)cc1. The van der Waals surface area contributed by atoms with Gasteiger partial charge in [0, 0.05) is 45.5 Å². The lowest BCUT2D eigenvalue weighted by Crippen LogP contribution is -2.59. The van der Waals surface area contributed by atoms with Crippen LogP contribution in [0.25, 0.3) is 0 Å². The Morgan fingerprint density at radius 1 is 1.07 bits per heavy atom. The van der Waals surface area contributed by atoms with Gasteiger partial charge in [-0.05, 0) is 30.5 Å². The van der Waals surface area contributed by atoms with Crippen LogP contribution in [0.3, 0.4) is 0 Å². The number of nitrogens with zero attached hydrogens (tertiary/aromatic N) is 4. The molecule has 1 aromatic carbocycles. The van der Waals surface area contributed by atoms with E-state index in [9.17, 15) is 9.59 Å². The lowest BCUT2D eigenvalue weighted by molar-refractivity contribution is -0.139. The van der Waals surface area contributed by atoms with Crippen LogP contribution < -0.4 is 0 Å². The fourth-order valence-electron chi connectivity index (χ4n) is 4.44. The standard InChI is InChI=1S/C24H32N4O2/c1-18(2)15-28-22(17-27-10-4-5-21(27)24(28)30)23(29)26-13-11-25(12-14-26)16-20-8-6-19(3)7-9-20/h4-10,18,22H,11-17H2,1-3H3. The van der Waals surface area contributed by atoms with Crippen LogP contribution in [-0.4, -0.2) is 69.8 Å². The molecule has 0 N–H and O–H groups in total. The summed E-state index contributed by atoms with van der Waals surface area (Å²) in [5, 5.41) is 0. The maximum atomic E-state index is 13.4. The monoisotopic (exact) mass is 408 g/mol. The molecule has 2 aliphatic heterocycles. The van der Waals surface area contributed by atoms with E-state index in [0.29, 0.717) is 37.8 Å². The molecule has 1 unspecified atom stereocenters. The number of piperazine rings is 1. The highest BCUT2D eigenvalue weighted by atomic mass is 16.2. The smallest absolute Gasteiger partial charge is 0.271 e. The Hall–Kier alpha value is -2.60. The van der Waals surface area contributed by atoms with Crippen molar-refractivity contribution in [2.45, 2.75) is 39.9 Å². The van der Waals surface area contributed by atoms with E-state index in [1.54, 1.807) is 4.90 Å². The van der Waals surface area contributed by atoms with Crippen molar-refractivity contribution in [2.24, 2.45) is 5.92 Å². The van der Waals surface area contributed by atoms with Crippen LogP contribution in [-0.2, 0) is 17.9 Å². The molecule has 0 bridgehead atoms. The number of fused-ring (bicyclic) bond motifs is 1. The molecule has 0 aliphatic carbocycles. The van der Waals surface area contributed by atoms with Gasteiger partial charge in [-0.1, -0.05) is 43.7 Å². The molecule has 1 aromatic heterocycles. The van der Waals surface area contributed by atoms with E-state index in [4.69, 9.17) is 0 Å². The highest BCUT2D eigenvalue weighted by Gasteiger charge is 2.39. The van der Waals surface area contributed by atoms with Crippen LogP contribution in [0.1, 0.15) is 35.5 Å². The number of aryl methyl sites for hydroxylation is 1. The minimum Gasteiger partial charge on any atom is -0.341 e. The molecule has 1 atom stereocenters. The van der Waals surface area contributed by atoms with Gasteiger partial charge in [0.25, 0.3) is 5.91 Å². The molecule has 3 heterocycles. The second-order valence-corrected chi connectivity index (χ2v) is 9.00. The molecule has 6 nitrogen and oxygen atoms in total.